The molecule has 0 spiro atoms. The average molecular weight is 173 g/mol. The molecule has 1 N–H and O–H groups in total. The minimum absolute atomic E-state index is 0.177. The molecule has 0 aromatic heterocycles. The molecular formula is C8H17N2O2+. The summed E-state index contributed by atoms with van der Waals surface area (Å²) in [6.45, 7) is 4.12. The third kappa shape index (κ3) is 4.08. The van der Waals surface area contributed by atoms with Gasteiger partial charge < -0.3 is 4.90 Å². The van der Waals surface area contributed by atoms with E-state index in [4.69, 9.17) is 0 Å². The molecule has 12 heavy (non-hydrogen) atoms. The molecule has 0 saturated carbocycles. The van der Waals surface area contributed by atoms with Gasteiger partial charge in [0.25, 0.3) is 0 Å². The number of nitrogens with one attached hydrogen (secondary N) is 1. The van der Waals surface area contributed by atoms with Crippen molar-refractivity contribution in [3.8, 4) is 0 Å². The molecule has 0 aromatic carbocycles. The van der Waals surface area contributed by atoms with Crippen molar-refractivity contribution >= 4 is 11.8 Å². The van der Waals surface area contributed by atoms with Crippen LogP contribution >= 0.6 is 0 Å². The second kappa shape index (κ2) is 4.87. The van der Waals surface area contributed by atoms with E-state index >= 15 is 0 Å². The highest BCUT2D eigenvalue weighted by Gasteiger charge is 2.13. The van der Waals surface area contributed by atoms with E-state index in [0.29, 0.717) is 6.54 Å². The number of rotatable bonds is 3. The van der Waals surface area contributed by atoms with Crippen LogP contribution in [0.3, 0.4) is 0 Å². The highest BCUT2D eigenvalue weighted by atomic mass is 16.2. The molecule has 0 unspecified atom stereocenters. The van der Waals surface area contributed by atoms with Gasteiger partial charge in [0, 0.05) is 13.8 Å². The van der Waals surface area contributed by atoms with Crippen molar-refractivity contribution in [3.63, 3.8) is 0 Å². The third-order valence-electron chi connectivity index (χ3n) is 1.60. The Balaban J connectivity index is 3.97. The van der Waals surface area contributed by atoms with Gasteiger partial charge in [0.15, 0.2) is 0 Å². The van der Waals surface area contributed by atoms with Gasteiger partial charge in [0.1, 0.15) is 0 Å². The molecule has 0 radical (unpaired) electrons. The van der Waals surface area contributed by atoms with E-state index < -0.39 is 0 Å². The summed E-state index contributed by atoms with van der Waals surface area (Å²) in [6.07, 6.45) is 0. The summed E-state index contributed by atoms with van der Waals surface area (Å²) in [7, 11) is 3.97. The molecule has 0 aliphatic carbocycles. The van der Waals surface area contributed by atoms with Crippen molar-refractivity contribution in [2.75, 3.05) is 27.2 Å². The molecular weight excluding hydrogens is 156 g/mol. The summed E-state index contributed by atoms with van der Waals surface area (Å²) in [4.78, 5) is 24.3. The molecule has 4 heteroatoms. The van der Waals surface area contributed by atoms with Gasteiger partial charge >= 0.3 is 0 Å². The standard InChI is InChI=1S/C8H16N2O2/c1-7(11)10(8(2)12)6-5-9(3)4/h5-6H2,1-4H3/p+1. The van der Waals surface area contributed by atoms with Crippen LogP contribution in [0.1, 0.15) is 13.8 Å². The van der Waals surface area contributed by atoms with Crippen molar-refractivity contribution in [3.05, 3.63) is 0 Å². The lowest BCUT2D eigenvalue weighted by Crippen LogP contribution is -3.06. The number of imide groups is 1. The van der Waals surface area contributed by atoms with Gasteiger partial charge in [-0.25, -0.2) is 0 Å². The van der Waals surface area contributed by atoms with E-state index in [1.54, 1.807) is 0 Å². The lowest BCUT2D eigenvalue weighted by Gasteiger charge is -2.17. The quantitative estimate of drug-likeness (QED) is 0.566. The monoisotopic (exact) mass is 173 g/mol. The largest absolute Gasteiger partial charge is 0.338 e. The van der Waals surface area contributed by atoms with Gasteiger partial charge in [0.05, 0.1) is 27.2 Å². The van der Waals surface area contributed by atoms with Crippen LogP contribution in [0.4, 0.5) is 0 Å². The number of amides is 2. The molecule has 0 aliphatic rings. The number of nitrogens with zero attached hydrogens (tertiary/aromatic N) is 1. The molecule has 0 rings (SSSR count). The Morgan fingerprint density at radius 2 is 1.58 bits per heavy atom. The zero-order valence-electron chi connectivity index (χ0n) is 8.18. The summed E-state index contributed by atoms with van der Waals surface area (Å²) in [5, 5.41) is 0. The molecule has 4 nitrogen and oxygen atoms in total. The lowest BCUT2D eigenvalue weighted by atomic mass is 10.4. The number of hydrogen-bond acceptors (Lipinski definition) is 2. The van der Waals surface area contributed by atoms with E-state index in [2.05, 4.69) is 0 Å². The first kappa shape index (κ1) is 11.1. The van der Waals surface area contributed by atoms with E-state index in [-0.39, 0.29) is 11.8 Å². The molecule has 0 atom stereocenters. The lowest BCUT2D eigenvalue weighted by molar-refractivity contribution is -0.857. The second-order valence-corrected chi connectivity index (χ2v) is 3.15. The first-order valence-electron chi connectivity index (χ1n) is 4.03. The average Bonchev–Trinajstić information content (AvgIpc) is 1.84. The van der Waals surface area contributed by atoms with Crippen molar-refractivity contribution < 1.29 is 14.5 Å². The summed E-state index contributed by atoms with van der Waals surface area (Å²) in [6, 6.07) is 0. The smallest absolute Gasteiger partial charge is 0.226 e. The van der Waals surface area contributed by atoms with Crippen LogP contribution in [0.5, 0.6) is 0 Å². The minimum atomic E-state index is -0.177. The fourth-order valence-corrected chi connectivity index (χ4v) is 0.872. The van der Waals surface area contributed by atoms with Gasteiger partial charge in [-0.3, -0.25) is 14.5 Å². The summed E-state index contributed by atoms with van der Waals surface area (Å²) < 4.78 is 0. The third-order valence-corrected chi connectivity index (χ3v) is 1.60. The molecule has 0 heterocycles. The molecule has 0 aromatic rings. The van der Waals surface area contributed by atoms with Crippen LogP contribution in [0, 0.1) is 0 Å². The van der Waals surface area contributed by atoms with Crippen LogP contribution in [-0.2, 0) is 9.59 Å². The SMILES string of the molecule is CC(=O)N(CC[NH+](C)C)C(C)=O. The van der Waals surface area contributed by atoms with Crippen LogP contribution in [-0.4, -0.2) is 43.9 Å². The normalized spacial score (nSPS) is 10.1. The zero-order chi connectivity index (χ0) is 9.72. The Hall–Kier alpha value is -0.900. The number of quaternary nitrogens is 1. The Labute approximate surface area is 73.1 Å². The van der Waals surface area contributed by atoms with Gasteiger partial charge in [-0.05, 0) is 0 Å². The van der Waals surface area contributed by atoms with Crippen LogP contribution in [0.25, 0.3) is 0 Å². The summed E-state index contributed by atoms with van der Waals surface area (Å²) in [5.74, 6) is -0.354. The van der Waals surface area contributed by atoms with Crippen molar-refractivity contribution in [2.45, 2.75) is 13.8 Å². The number of hydrogen-bond donors (Lipinski definition) is 1. The minimum Gasteiger partial charge on any atom is -0.338 e. The fraction of sp³-hybridized carbons (Fsp3) is 0.750. The Kier molecular flexibility index (Phi) is 4.51. The van der Waals surface area contributed by atoms with Crippen molar-refractivity contribution in [2.24, 2.45) is 0 Å². The topological polar surface area (TPSA) is 41.8 Å². The summed E-state index contributed by atoms with van der Waals surface area (Å²) >= 11 is 0. The van der Waals surface area contributed by atoms with Gasteiger partial charge in [0.2, 0.25) is 11.8 Å². The number of likely N-dealkylation sites (N-methyl/N-ethyl adjacent to an activating group) is 1. The maximum absolute atomic E-state index is 10.9. The first-order valence-corrected chi connectivity index (χ1v) is 4.03. The fourth-order valence-electron chi connectivity index (χ4n) is 0.872. The van der Waals surface area contributed by atoms with E-state index in [0.717, 1.165) is 6.54 Å². The molecule has 2 amide bonds. The van der Waals surface area contributed by atoms with Gasteiger partial charge in [-0.2, -0.15) is 0 Å². The van der Waals surface area contributed by atoms with E-state index in [9.17, 15) is 9.59 Å². The van der Waals surface area contributed by atoms with Gasteiger partial charge in [-0.1, -0.05) is 0 Å². The Morgan fingerprint density at radius 3 is 1.83 bits per heavy atom. The first-order chi connectivity index (χ1) is 5.45. The molecule has 70 valence electrons. The molecule has 0 aliphatic heterocycles. The Bertz CT molecular complexity index is 164. The molecule has 0 saturated heterocycles. The van der Waals surface area contributed by atoms with Crippen molar-refractivity contribution in [1.29, 1.82) is 0 Å². The zero-order valence-corrected chi connectivity index (χ0v) is 8.18. The number of carbonyl (C=O) groups excluding carboxylic acids is 2. The predicted molar refractivity (Wildman–Crippen MR) is 45.7 cm³/mol. The van der Waals surface area contributed by atoms with Crippen molar-refractivity contribution in [1.82, 2.24) is 4.90 Å². The Morgan fingerprint density at radius 1 is 1.17 bits per heavy atom. The van der Waals surface area contributed by atoms with E-state index in [1.807, 2.05) is 14.1 Å². The maximum atomic E-state index is 10.9. The van der Waals surface area contributed by atoms with Gasteiger partial charge in [-0.15, -0.1) is 0 Å². The second-order valence-electron chi connectivity index (χ2n) is 3.15. The molecule has 0 bridgehead atoms. The molecule has 0 fully saturated rings. The van der Waals surface area contributed by atoms with Crippen LogP contribution in [0.15, 0.2) is 0 Å². The summed E-state index contributed by atoms with van der Waals surface area (Å²) in [5.41, 5.74) is 0. The predicted octanol–water partition coefficient (Wildman–Crippen LogP) is -1.47. The van der Waals surface area contributed by atoms with E-state index in [1.165, 1.54) is 23.6 Å². The van der Waals surface area contributed by atoms with Crippen LogP contribution in [0.2, 0.25) is 0 Å². The highest BCUT2D eigenvalue weighted by Crippen LogP contribution is 1.87. The highest BCUT2D eigenvalue weighted by molar-refractivity contribution is 5.92. The number of carbonyl (C=O) groups is 2. The maximum Gasteiger partial charge on any atom is 0.226 e. The van der Waals surface area contributed by atoms with Crippen LogP contribution < -0.4 is 4.90 Å².